The highest BCUT2D eigenvalue weighted by Gasteiger charge is 2.36. The molecule has 4 rings (SSSR count). The summed E-state index contributed by atoms with van der Waals surface area (Å²) in [7, 11) is 0. The van der Waals surface area contributed by atoms with E-state index in [0.29, 0.717) is 0 Å². The summed E-state index contributed by atoms with van der Waals surface area (Å²) in [6, 6.07) is 11.8. The summed E-state index contributed by atoms with van der Waals surface area (Å²) in [6.45, 7) is 2.41. The van der Waals surface area contributed by atoms with Crippen molar-refractivity contribution in [2.75, 3.05) is 6.54 Å². The Bertz CT molecular complexity index is 593. The number of likely N-dealkylation sites (tertiary alicyclic amines) is 1. The van der Waals surface area contributed by atoms with Gasteiger partial charge >= 0.3 is 0 Å². The van der Waals surface area contributed by atoms with Gasteiger partial charge in [-0.05, 0) is 55.5 Å². The van der Waals surface area contributed by atoms with Crippen LogP contribution in [0.15, 0.2) is 36.5 Å². The lowest BCUT2D eigenvalue weighted by molar-refractivity contribution is 0.233. The number of pyridine rings is 1. The normalized spacial score (nSPS) is 26.9. The minimum absolute atomic E-state index is 0.865. The molecule has 1 aliphatic heterocycles. The van der Waals surface area contributed by atoms with Crippen LogP contribution >= 0.6 is 0 Å². The average molecular weight is 252 g/mol. The Labute approximate surface area is 114 Å². The fourth-order valence-electron chi connectivity index (χ4n) is 3.99. The van der Waals surface area contributed by atoms with E-state index in [1.807, 2.05) is 12.3 Å². The van der Waals surface area contributed by atoms with Gasteiger partial charge in [0.25, 0.3) is 0 Å². The SMILES string of the molecule is c1cnc2ccc(CN3CC[C@H]4CCC[C@H]43)cc2c1. The Morgan fingerprint density at radius 2 is 2.16 bits per heavy atom. The van der Waals surface area contributed by atoms with Crippen LogP contribution in [-0.2, 0) is 6.54 Å². The van der Waals surface area contributed by atoms with Crippen molar-refractivity contribution in [3.63, 3.8) is 0 Å². The van der Waals surface area contributed by atoms with Crippen LogP contribution in [-0.4, -0.2) is 22.5 Å². The molecule has 1 aliphatic carbocycles. The first kappa shape index (κ1) is 11.4. The summed E-state index contributed by atoms with van der Waals surface area (Å²) in [4.78, 5) is 7.10. The first-order valence-electron chi connectivity index (χ1n) is 7.48. The van der Waals surface area contributed by atoms with E-state index < -0.39 is 0 Å². The predicted octanol–water partition coefficient (Wildman–Crippen LogP) is 3.61. The smallest absolute Gasteiger partial charge is 0.0702 e. The van der Waals surface area contributed by atoms with Crippen molar-refractivity contribution in [1.29, 1.82) is 0 Å². The molecule has 1 saturated carbocycles. The fraction of sp³-hybridized carbons (Fsp3) is 0.471. The molecular formula is C17H20N2. The van der Waals surface area contributed by atoms with Crippen LogP contribution in [0.25, 0.3) is 10.9 Å². The molecule has 98 valence electrons. The molecule has 0 bridgehead atoms. The summed E-state index contributed by atoms with van der Waals surface area (Å²) in [5.41, 5.74) is 2.54. The van der Waals surface area contributed by atoms with E-state index in [4.69, 9.17) is 0 Å². The molecule has 0 N–H and O–H groups in total. The molecule has 2 aliphatic rings. The second kappa shape index (κ2) is 4.61. The van der Waals surface area contributed by atoms with Crippen molar-refractivity contribution in [2.24, 2.45) is 5.92 Å². The van der Waals surface area contributed by atoms with Crippen LogP contribution in [0.2, 0.25) is 0 Å². The molecule has 2 nitrogen and oxygen atoms in total. The molecule has 0 unspecified atom stereocenters. The molecule has 1 aromatic carbocycles. The van der Waals surface area contributed by atoms with Gasteiger partial charge in [0.1, 0.15) is 0 Å². The molecule has 1 saturated heterocycles. The van der Waals surface area contributed by atoms with E-state index in [2.05, 4.69) is 34.1 Å². The van der Waals surface area contributed by atoms with E-state index in [1.165, 1.54) is 43.2 Å². The van der Waals surface area contributed by atoms with Crippen LogP contribution in [0.3, 0.4) is 0 Å². The Hall–Kier alpha value is -1.41. The third kappa shape index (κ3) is 2.04. The van der Waals surface area contributed by atoms with Gasteiger partial charge in [0, 0.05) is 24.2 Å². The van der Waals surface area contributed by atoms with E-state index >= 15 is 0 Å². The number of hydrogen-bond acceptors (Lipinski definition) is 2. The summed E-state index contributed by atoms with van der Waals surface area (Å²) in [5.74, 6) is 0.988. The zero-order chi connectivity index (χ0) is 12.7. The minimum Gasteiger partial charge on any atom is -0.296 e. The van der Waals surface area contributed by atoms with Crippen LogP contribution in [0, 0.1) is 5.92 Å². The number of fused-ring (bicyclic) bond motifs is 2. The molecular weight excluding hydrogens is 232 g/mol. The van der Waals surface area contributed by atoms with E-state index in [9.17, 15) is 0 Å². The quantitative estimate of drug-likeness (QED) is 0.811. The van der Waals surface area contributed by atoms with Crippen molar-refractivity contribution in [3.05, 3.63) is 42.1 Å². The molecule has 2 atom stereocenters. The number of nitrogens with zero attached hydrogens (tertiary/aromatic N) is 2. The van der Waals surface area contributed by atoms with Gasteiger partial charge in [0.05, 0.1) is 5.52 Å². The van der Waals surface area contributed by atoms with Crippen molar-refractivity contribution in [2.45, 2.75) is 38.3 Å². The first-order valence-corrected chi connectivity index (χ1v) is 7.48. The maximum Gasteiger partial charge on any atom is 0.0702 e. The van der Waals surface area contributed by atoms with Gasteiger partial charge < -0.3 is 0 Å². The molecule has 2 heteroatoms. The van der Waals surface area contributed by atoms with Gasteiger partial charge in [0.2, 0.25) is 0 Å². The molecule has 1 aromatic heterocycles. The second-order valence-corrected chi connectivity index (χ2v) is 6.05. The maximum absolute atomic E-state index is 4.39. The molecule has 0 radical (unpaired) electrons. The molecule has 2 fully saturated rings. The highest BCUT2D eigenvalue weighted by molar-refractivity contribution is 5.78. The summed E-state index contributed by atoms with van der Waals surface area (Å²) in [6.07, 6.45) is 7.60. The van der Waals surface area contributed by atoms with Crippen LogP contribution in [0.4, 0.5) is 0 Å². The zero-order valence-corrected chi connectivity index (χ0v) is 11.3. The second-order valence-electron chi connectivity index (χ2n) is 6.05. The third-order valence-electron chi connectivity index (χ3n) is 4.93. The predicted molar refractivity (Wildman–Crippen MR) is 77.9 cm³/mol. The van der Waals surface area contributed by atoms with Gasteiger partial charge in [-0.25, -0.2) is 0 Å². The van der Waals surface area contributed by atoms with E-state index in [-0.39, 0.29) is 0 Å². The topological polar surface area (TPSA) is 16.1 Å². The largest absolute Gasteiger partial charge is 0.296 e. The number of hydrogen-bond donors (Lipinski definition) is 0. The van der Waals surface area contributed by atoms with Crippen LogP contribution in [0.5, 0.6) is 0 Å². The molecule has 0 amide bonds. The van der Waals surface area contributed by atoms with Crippen LogP contribution < -0.4 is 0 Å². The van der Waals surface area contributed by atoms with Gasteiger partial charge in [-0.15, -0.1) is 0 Å². The standard InChI is InChI=1S/C17H20N2/c1-3-14-8-10-19(17(14)5-1)12-13-6-7-16-15(11-13)4-2-9-18-16/h2,4,6-7,9,11,14,17H,1,3,5,8,10,12H2/t14-,17-/m1/s1. The highest BCUT2D eigenvalue weighted by atomic mass is 15.2. The Kier molecular flexibility index (Phi) is 2.77. The fourth-order valence-corrected chi connectivity index (χ4v) is 3.99. The third-order valence-corrected chi connectivity index (χ3v) is 4.93. The monoisotopic (exact) mass is 252 g/mol. The maximum atomic E-state index is 4.39. The Morgan fingerprint density at radius 1 is 1.16 bits per heavy atom. The lowest BCUT2D eigenvalue weighted by Crippen LogP contribution is -2.29. The van der Waals surface area contributed by atoms with Crippen LogP contribution in [0.1, 0.15) is 31.2 Å². The Morgan fingerprint density at radius 3 is 3.16 bits per heavy atom. The number of rotatable bonds is 2. The van der Waals surface area contributed by atoms with E-state index in [1.54, 1.807) is 0 Å². The molecule has 2 heterocycles. The summed E-state index contributed by atoms with van der Waals surface area (Å²) < 4.78 is 0. The number of aromatic nitrogens is 1. The van der Waals surface area contributed by atoms with Gasteiger partial charge in [-0.1, -0.05) is 18.6 Å². The number of benzene rings is 1. The zero-order valence-electron chi connectivity index (χ0n) is 11.3. The van der Waals surface area contributed by atoms with Gasteiger partial charge in [-0.2, -0.15) is 0 Å². The van der Waals surface area contributed by atoms with Crippen molar-refractivity contribution < 1.29 is 0 Å². The highest BCUT2D eigenvalue weighted by Crippen LogP contribution is 2.38. The first-order chi connectivity index (χ1) is 9.40. The van der Waals surface area contributed by atoms with Crippen molar-refractivity contribution in [3.8, 4) is 0 Å². The van der Waals surface area contributed by atoms with Crippen molar-refractivity contribution >= 4 is 10.9 Å². The summed E-state index contributed by atoms with van der Waals surface area (Å²) >= 11 is 0. The molecule has 0 spiro atoms. The minimum atomic E-state index is 0.865. The average Bonchev–Trinajstić information content (AvgIpc) is 3.04. The van der Waals surface area contributed by atoms with E-state index in [0.717, 1.165) is 24.0 Å². The van der Waals surface area contributed by atoms with Crippen molar-refractivity contribution in [1.82, 2.24) is 9.88 Å². The van der Waals surface area contributed by atoms with Gasteiger partial charge in [0.15, 0.2) is 0 Å². The molecule has 2 aromatic rings. The lowest BCUT2D eigenvalue weighted by atomic mass is 10.0. The lowest BCUT2D eigenvalue weighted by Gasteiger charge is -2.23. The van der Waals surface area contributed by atoms with Gasteiger partial charge in [-0.3, -0.25) is 9.88 Å². The molecule has 19 heavy (non-hydrogen) atoms. The Balaban J connectivity index is 1.58. The summed E-state index contributed by atoms with van der Waals surface area (Å²) in [5, 5.41) is 1.27.